The highest BCUT2D eigenvalue weighted by molar-refractivity contribution is 5.93. The van der Waals surface area contributed by atoms with Crippen molar-refractivity contribution < 1.29 is 4.79 Å². The van der Waals surface area contributed by atoms with Gasteiger partial charge in [0, 0.05) is 63.5 Å². The van der Waals surface area contributed by atoms with Crippen LogP contribution in [0.4, 0.5) is 11.6 Å². The van der Waals surface area contributed by atoms with Crippen LogP contribution in [0, 0.1) is 5.92 Å². The molecule has 1 unspecified atom stereocenters. The number of aromatic nitrogens is 3. The van der Waals surface area contributed by atoms with Gasteiger partial charge >= 0.3 is 0 Å². The molecule has 7 nitrogen and oxygen atoms in total. The molecule has 0 saturated carbocycles. The first-order chi connectivity index (χ1) is 13.2. The summed E-state index contributed by atoms with van der Waals surface area (Å²) in [5.41, 5.74) is 1.64. The fourth-order valence-electron chi connectivity index (χ4n) is 3.88. The van der Waals surface area contributed by atoms with Crippen LogP contribution in [0.3, 0.4) is 0 Å². The number of nitrogens with zero attached hydrogens (tertiary/aromatic N) is 6. The number of carbonyl (C=O) groups is 1. The zero-order valence-corrected chi connectivity index (χ0v) is 15.8. The first-order valence-corrected chi connectivity index (χ1v) is 9.73. The van der Waals surface area contributed by atoms with Crippen molar-refractivity contribution in [3.8, 4) is 0 Å². The van der Waals surface area contributed by atoms with Crippen LogP contribution in [0.15, 0.2) is 36.8 Å². The Morgan fingerprint density at radius 2 is 1.78 bits per heavy atom. The molecule has 0 radical (unpaired) electrons. The van der Waals surface area contributed by atoms with Gasteiger partial charge in [-0.25, -0.2) is 9.97 Å². The molecule has 27 heavy (non-hydrogen) atoms. The minimum atomic E-state index is 0.00976. The molecular formula is C20H26N6O. The Balaban J connectivity index is 1.41. The average molecular weight is 366 g/mol. The summed E-state index contributed by atoms with van der Waals surface area (Å²) in [4.78, 5) is 32.2. The highest BCUT2D eigenvalue weighted by atomic mass is 16.2. The summed E-state index contributed by atoms with van der Waals surface area (Å²) in [6, 6.07) is 5.78. The smallest absolute Gasteiger partial charge is 0.272 e. The quantitative estimate of drug-likeness (QED) is 0.829. The largest absolute Gasteiger partial charge is 0.371 e. The van der Waals surface area contributed by atoms with Gasteiger partial charge in [-0.1, -0.05) is 6.92 Å². The molecule has 4 rings (SSSR count). The maximum atomic E-state index is 12.9. The molecule has 0 aliphatic carbocycles. The van der Waals surface area contributed by atoms with E-state index in [0.717, 1.165) is 37.8 Å². The second kappa shape index (κ2) is 7.90. The van der Waals surface area contributed by atoms with Gasteiger partial charge in [0.15, 0.2) is 0 Å². The van der Waals surface area contributed by atoms with E-state index < -0.39 is 0 Å². The fourth-order valence-corrected chi connectivity index (χ4v) is 3.88. The number of pyridine rings is 1. The molecule has 2 fully saturated rings. The van der Waals surface area contributed by atoms with Crippen molar-refractivity contribution in [2.45, 2.75) is 19.8 Å². The summed E-state index contributed by atoms with van der Waals surface area (Å²) in [7, 11) is 0. The normalized spacial score (nSPS) is 20.6. The predicted octanol–water partition coefficient (Wildman–Crippen LogP) is 2.07. The Kier molecular flexibility index (Phi) is 5.18. The molecule has 0 N–H and O–H groups in total. The first kappa shape index (κ1) is 17.7. The van der Waals surface area contributed by atoms with E-state index in [1.807, 2.05) is 23.1 Å². The molecule has 2 aromatic heterocycles. The number of hydrogen-bond donors (Lipinski definition) is 0. The predicted molar refractivity (Wildman–Crippen MR) is 105 cm³/mol. The van der Waals surface area contributed by atoms with Crippen molar-refractivity contribution in [2.75, 3.05) is 49.1 Å². The lowest BCUT2D eigenvalue weighted by atomic mass is 10.00. The van der Waals surface area contributed by atoms with Gasteiger partial charge in [-0.2, -0.15) is 0 Å². The standard InChI is InChI=1S/C20H26N6O/c1-16-4-2-9-26(15-16)17-5-8-21-18(14-17)19(27)24-10-12-25(13-11-24)20-22-6-3-7-23-20/h3,5-8,14,16H,2,4,9-13,15H2,1H3. The SMILES string of the molecule is CC1CCCN(c2ccnc(C(=O)N3CCN(c4ncccn4)CC3)c2)C1. The summed E-state index contributed by atoms with van der Waals surface area (Å²) in [6.45, 7) is 7.17. The summed E-state index contributed by atoms with van der Waals surface area (Å²) >= 11 is 0. The van der Waals surface area contributed by atoms with Crippen LogP contribution in [-0.4, -0.2) is 65.0 Å². The Morgan fingerprint density at radius 1 is 1.00 bits per heavy atom. The third-order valence-electron chi connectivity index (χ3n) is 5.39. The molecule has 2 aliphatic rings. The number of piperazine rings is 1. The topological polar surface area (TPSA) is 65.5 Å². The van der Waals surface area contributed by atoms with Crippen LogP contribution in [0.1, 0.15) is 30.3 Å². The van der Waals surface area contributed by atoms with E-state index in [-0.39, 0.29) is 5.91 Å². The van der Waals surface area contributed by atoms with Crippen LogP contribution in [0.25, 0.3) is 0 Å². The molecular weight excluding hydrogens is 340 g/mol. The zero-order valence-electron chi connectivity index (χ0n) is 15.8. The maximum Gasteiger partial charge on any atom is 0.272 e. The summed E-state index contributed by atoms with van der Waals surface area (Å²) in [6.07, 6.45) is 7.74. The Labute approximate surface area is 160 Å². The van der Waals surface area contributed by atoms with E-state index in [1.165, 1.54) is 12.8 Å². The summed E-state index contributed by atoms with van der Waals surface area (Å²) in [5, 5.41) is 0. The van der Waals surface area contributed by atoms with E-state index >= 15 is 0 Å². The van der Waals surface area contributed by atoms with E-state index in [4.69, 9.17) is 0 Å². The highest BCUT2D eigenvalue weighted by Gasteiger charge is 2.25. The van der Waals surface area contributed by atoms with Gasteiger partial charge in [-0.05, 0) is 37.0 Å². The lowest BCUT2D eigenvalue weighted by Gasteiger charge is -2.35. The Morgan fingerprint density at radius 3 is 2.52 bits per heavy atom. The van der Waals surface area contributed by atoms with Gasteiger partial charge in [0.2, 0.25) is 5.95 Å². The molecule has 0 spiro atoms. The lowest BCUT2D eigenvalue weighted by Crippen LogP contribution is -2.49. The molecule has 2 aromatic rings. The number of hydrogen-bond acceptors (Lipinski definition) is 6. The second-order valence-corrected chi connectivity index (χ2v) is 7.42. The van der Waals surface area contributed by atoms with Crippen molar-refractivity contribution >= 4 is 17.5 Å². The minimum Gasteiger partial charge on any atom is -0.371 e. The molecule has 4 heterocycles. The van der Waals surface area contributed by atoms with Crippen molar-refractivity contribution in [3.63, 3.8) is 0 Å². The maximum absolute atomic E-state index is 12.9. The fraction of sp³-hybridized carbons (Fsp3) is 0.500. The van der Waals surface area contributed by atoms with Crippen LogP contribution in [0.5, 0.6) is 0 Å². The summed E-state index contributed by atoms with van der Waals surface area (Å²) in [5.74, 6) is 1.43. The molecule has 0 aromatic carbocycles. The van der Waals surface area contributed by atoms with Crippen LogP contribution in [-0.2, 0) is 0 Å². The average Bonchev–Trinajstić information content (AvgIpc) is 2.74. The van der Waals surface area contributed by atoms with Crippen molar-refractivity contribution in [3.05, 3.63) is 42.5 Å². The zero-order chi connectivity index (χ0) is 18.6. The highest BCUT2D eigenvalue weighted by Crippen LogP contribution is 2.23. The number of anilines is 2. The first-order valence-electron chi connectivity index (χ1n) is 9.73. The number of amides is 1. The number of piperidine rings is 1. The summed E-state index contributed by atoms with van der Waals surface area (Å²) < 4.78 is 0. The van der Waals surface area contributed by atoms with Crippen LogP contribution in [0.2, 0.25) is 0 Å². The molecule has 1 atom stereocenters. The number of carbonyl (C=O) groups excluding carboxylic acids is 1. The molecule has 1 amide bonds. The van der Waals surface area contributed by atoms with E-state index in [1.54, 1.807) is 18.6 Å². The number of rotatable bonds is 3. The van der Waals surface area contributed by atoms with Gasteiger partial charge < -0.3 is 14.7 Å². The van der Waals surface area contributed by atoms with E-state index in [2.05, 4.69) is 31.7 Å². The van der Waals surface area contributed by atoms with Gasteiger partial charge in [-0.15, -0.1) is 0 Å². The van der Waals surface area contributed by atoms with Crippen molar-refractivity contribution in [2.24, 2.45) is 5.92 Å². The minimum absolute atomic E-state index is 0.00976. The molecule has 142 valence electrons. The van der Waals surface area contributed by atoms with Gasteiger partial charge in [0.25, 0.3) is 5.91 Å². The Hall–Kier alpha value is -2.70. The van der Waals surface area contributed by atoms with Crippen molar-refractivity contribution in [1.82, 2.24) is 19.9 Å². The van der Waals surface area contributed by atoms with Gasteiger partial charge in [0.05, 0.1) is 0 Å². The van der Waals surface area contributed by atoms with Crippen LogP contribution >= 0.6 is 0 Å². The molecule has 2 aliphatic heterocycles. The second-order valence-electron chi connectivity index (χ2n) is 7.42. The van der Waals surface area contributed by atoms with E-state index in [9.17, 15) is 4.79 Å². The molecule has 0 bridgehead atoms. The Bertz CT molecular complexity index is 775. The molecule has 2 saturated heterocycles. The van der Waals surface area contributed by atoms with Crippen LogP contribution < -0.4 is 9.80 Å². The van der Waals surface area contributed by atoms with Crippen molar-refractivity contribution in [1.29, 1.82) is 0 Å². The third kappa shape index (κ3) is 4.02. The van der Waals surface area contributed by atoms with Gasteiger partial charge in [0.1, 0.15) is 5.69 Å². The van der Waals surface area contributed by atoms with E-state index in [0.29, 0.717) is 24.7 Å². The van der Waals surface area contributed by atoms with Gasteiger partial charge in [-0.3, -0.25) is 9.78 Å². The third-order valence-corrected chi connectivity index (χ3v) is 5.39. The monoisotopic (exact) mass is 366 g/mol. The molecule has 7 heteroatoms. The lowest BCUT2D eigenvalue weighted by molar-refractivity contribution is 0.0740.